The number of carbonyl (C=O) groups is 1. The number of amides is 1. The number of halogens is 3. The van der Waals surface area contributed by atoms with Crippen LogP contribution in [0.25, 0.3) is 16.7 Å². The van der Waals surface area contributed by atoms with Gasteiger partial charge in [-0.25, -0.2) is 23.5 Å². The van der Waals surface area contributed by atoms with E-state index in [1.807, 2.05) is 56.7 Å². The average molecular weight is 533 g/mol. The number of piperazine rings is 1. The standard InChI is InChI=1S/C26H31ClF2N6O2/c1-17-13-32(10-11-34(17)24(36)37-25(2,3)4)22-21-20(33-9-8-26(28,29)15-33)14-35(23(21)31-16-30-22)19-7-5-6-18(27)12-19/h5-7,12,14,16-17H,8-11,13,15H2,1-4H3/t17-/m1/s1. The highest BCUT2D eigenvalue weighted by Crippen LogP contribution is 2.40. The molecule has 2 fully saturated rings. The Balaban J connectivity index is 1.54. The molecule has 1 amide bonds. The smallest absolute Gasteiger partial charge is 0.410 e. The number of anilines is 2. The van der Waals surface area contributed by atoms with Crippen molar-refractivity contribution in [1.82, 2.24) is 19.4 Å². The Kier molecular flexibility index (Phi) is 6.42. The summed E-state index contributed by atoms with van der Waals surface area (Å²) < 4.78 is 35.9. The second kappa shape index (κ2) is 9.31. The van der Waals surface area contributed by atoms with Gasteiger partial charge in [-0.15, -0.1) is 0 Å². The van der Waals surface area contributed by atoms with E-state index in [0.29, 0.717) is 47.2 Å². The topological polar surface area (TPSA) is 66.7 Å². The highest BCUT2D eigenvalue weighted by molar-refractivity contribution is 6.30. The van der Waals surface area contributed by atoms with Crippen LogP contribution in [0, 0.1) is 0 Å². The van der Waals surface area contributed by atoms with Gasteiger partial charge in [0.2, 0.25) is 0 Å². The van der Waals surface area contributed by atoms with Crippen molar-refractivity contribution in [3.63, 3.8) is 0 Å². The van der Waals surface area contributed by atoms with Gasteiger partial charge in [0, 0.05) is 55.5 Å². The van der Waals surface area contributed by atoms with Crippen molar-refractivity contribution in [2.24, 2.45) is 0 Å². The van der Waals surface area contributed by atoms with Gasteiger partial charge >= 0.3 is 6.09 Å². The molecule has 0 unspecified atom stereocenters. The third-order valence-electron chi connectivity index (χ3n) is 6.69. The van der Waals surface area contributed by atoms with Gasteiger partial charge in [0.15, 0.2) is 5.65 Å². The Bertz CT molecular complexity index is 1320. The van der Waals surface area contributed by atoms with Crippen molar-refractivity contribution >= 4 is 40.2 Å². The van der Waals surface area contributed by atoms with Gasteiger partial charge < -0.3 is 19.4 Å². The van der Waals surface area contributed by atoms with Gasteiger partial charge in [0.25, 0.3) is 5.92 Å². The van der Waals surface area contributed by atoms with Crippen LogP contribution in [0.1, 0.15) is 34.1 Å². The van der Waals surface area contributed by atoms with Gasteiger partial charge in [0.05, 0.1) is 17.6 Å². The highest BCUT2D eigenvalue weighted by atomic mass is 35.5. The van der Waals surface area contributed by atoms with E-state index < -0.39 is 11.5 Å². The Hall–Kier alpha value is -3.14. The van der Waals surface area contributed by atoms with Gasteiger partial charge in [-0.1, -0.05) is 17.7 Å². The Morgan fingerprint density at radius 1 is 1.16 bits per heavy atom. The summed E-state index contributed by atoms with van der Waals surface area (Å²) in [5.41, 5.74) is 1.47. The van der Waals surface area contributed by atoms with E-state index >= 15 is 0 Å². The lowest BCUT2D eigenvalue weighted by Gasteiger charge is -2.41. The number of ether oxygens (including phenoxy) is 1. The SMILES string of the molecule is C[C@@H]1CN(c2ncnc3c2c(N2CCC(F)(F)C2)cn3-c2cccc(Cl)c2)CCN1C(=O)OC(C)(C)C. The van der Waals surface area contributed by atoms with E-state index in [4.69, 9.17) is 16.3 Å². The fraction of sp³-hybridized carbons (Fsp3) is 0.500. The number of nitrogens with zero attached hydrogens (tertiary/aromatic N) is 6. The minimum absolute atomic E-state index is 0.136. The number of fused-ring (bicyclic) bond motifs is 1. The molecule has 4 heterocycles. The fourth-order valence-electron chi connectivity index (χ4n) is 5.01. The molecule has 2 aromatic heterocycles. The molecule has 198 valence electrons. The van der Waals surface area contributed by atoms with Crippen molar-refractivity contribution < 1.29 is 18.3 Å². The van der Waals surface area contributed by atoms with Crippen LogP contribution >= 0.6 is 11.6 Å². The van der Waals surface area contributed by atoms with Crippen LogP contribution in [0.4, 0.5) is 25.1 Å². The lowest BCUT2D eigenvalue weighted by Crippen LogP contribution is -2.55. The van der Waals surface area contributed by atoms with E-state index in [1.165, 1.54) is 6.33 Å². The average Bonchev–Trinajstić information content (AvgIpc) is 3.37. The number of carbonyl (C=O) groups excluding carboxylic acids is 1. The molecule has 0 radical (unpaired) electrons. The largest absolute Gasteiger partial charge is 0.444 e. The second-order valence-corrected chi connectivity index (χ2v) is 11.2. The van der Waals surface area contributed by atoms with E-state index in [-0.39, 0.29) is 31.6 Å². The summed E-state index contributed by atoms with van der Waals surface area (Å²) in [5.74, 6) is -2.10. The maximum atomic E-state index is 14.2. The van der Waals surface area contributed by atoms with Gasteiger partial charge in [-0.2, -0.15) is 0 Å². The first kappa shape index (κ1) is 25.5. The molecule has 1 atom stereocenters. The first-order valence-corrected chi connectivity index (χ1v) is 12.8. The second-order valence-electron chi connectivity index (χ2n) is 10.8. The molecule has 11 heteroatoms. The number of rotatable bonds is 3. The van der Waals surface area contributed by atoms with Crippen LogP contribution in [0.5, 0.6) is 0 Å². The number of hydrogen-bond donors (Lipinski definition) is 0. The number of alkyl halides is 2. The van der Waals surface area contributed by atoms with E-state index in [0.717, 1.165) is 5.69 Å². The Morgan fingerprint density at radius 2 is 1.95 bits per heavy atom. The van der Waals surface area contributed by atoms with Crippen LogP contribution < -0.4 is 9.80 Å². The van der Waals surface area contributed by atoms with E-state index in [1.54, 1.807) is 15.9 Å². The van der Waals surface area contributed by atoms with Crippen LogP contribution in [0.15, 0.2) is 36.8 Å². The summed E-state index contributed by atoms with van der Waals surface area (Å²) >= 11 is 6.26. The van der Waals surface area contributed by atoms with Gasteiger partial charge in [-0.3, -0.25) is 4.57 Å². The highest BCUT2D eigenvalue weighted by Gasteiger charge is 2.40. The van der Waals surface area contributed by atoms with Crippen molar-refractivity contribution in [2.45, 2.75) is 51.7 Å². The summed E-state index contributed by atoms with van der Waals surface area (Å²) in [6, 6.07) is 7.20. The molecule has 0 aliphatic carbocycles. The lowest BCUT2D eigenvalue weighted by atomic mass is 10.1. The lowest BCUT2D eigenvalue weighted by molar-refractivity contribution is 0.0158. The molecule has 2 aliphatic rings. The van der Waals surface area contributed by atoms with Crippen molar-refractivity contribution in [2.75, 3.05) is 42.5 Å². The first-order chi connectivity index (χ1) is 17.4. The van der Waals surface area contributed by atoms with Gasteiger partial charge in [-0.05, 0) is 45.9 Å². The third-order valence-corrected chi connectivity index (χ3v) is 6.93. The third kappa shape index (κ3) is 5.16. The van der Waals surface area contributed by atoms with E-state index in [9.17, 15) is 13.6 Å². The molecule has 0 saturated carbocycles. The summed E-state index contributed by atoms with van der Waals surface area (Å²) in [6.45, 7) is 8.86. The minimum atomic E-state index is -2.76. The normalized spacial score (nSPS) is 20.1. The fourth-order valence-corrected chi connectivity index (χ4v) is 5.20. The van der Waals surface area contributed by atoms with Crippen LogP contribution in [0.2, 0.25) is 5.02 Å². The maximum Gasteiger partial charge on any atom is 0.410 e. The molecule has 1 aromatic carbocycles. The van der Waals surface area contributed by atoms with Crippen molar-refractivity contribution in [3.05, 3.63) is 41.8 Å². The number of benzene rings is 1. The Labute approximate surface area is 219 Å². The molecule has 37 heavy (non-hydrogen) atoms. The molecule has 2 aliphatic heterocycles. The van der Waals surface area contributed by atoms with E-state index in [2.05, 4.69) is 14.9 Å². The van der Waals surface area contributed by atoms with Crippen molar-refractivity contribution in [1.29, 1.82) is 0 Å². The Morgan fingerprint density at radius 3 is 2.59 bits per heavy atom. The summed E-state index contributed by atoms with van der Waals surface area (Å²) in [4.78, 5) is 27.4. The quantitative estimate of drug-likeness (QED) is 0.452. The molecular weight excluding hydrogens is 502 g/mol. The van der Waals surface area contributed by atoms with Crippen molar-refractivity contribution in [3.8, 4) is 5.69 Å². The predicted octanol–water partition coefficient (Wildman–Crippen LogP) is 5.36. The summed E-state index contributed by atoms with van der Waals surface area (Å²) in [7, 11) is 0. The van der Waals surface area contributed by atoms with Crippen LogP contribution in [-0.2, 0) is 4.74 Å². The molecule has 8 nitrogen and oxygen atoms in total. The molecule has 2 saturated heterocycles. The zero-order valence-corrected chi connectivity index (χ0v) is 22.2. The zero-order valence-electron chi connectivity index (χ0n) is 21.4. The maximum absolute atomic E-state index is 14.2. The first-order valence-electron chi connectivity index (χ1n) is 12.4. The monoisotopic (exact) mass is 532 g/mol. The molecular formula is C26H31ClF2N6O2. The molecule has 3 aromatic rings. The minimum Gasteiger partial charge on any atom is -0.444 e. The predicted molar refractivity (Wildman–Crippen MR) is 140 cm³/mol. The number of hydrogen-bond acceptors (Lipinski definition) is 6. The zero-order chi connectivity index (χ0) is 26.5. The number of aromatic nitrogens is 3. The molecule has 0 bridgehead atoms. The summed E-state index contributed by atoms with van der Waals surface area (Å²) in [6.07, 6.45) is 2.79. The van der Waals surface area contributed by atoms with Crippen LogP contribution in [0.3, 0.4) is 0 Å². The van der Waals surface area contributed by atoms with Crippen LogP contribution in [-0.4, -0.2) is 75.8 Å². The molecule has 0 N–H and O–H groups in total. The summed E-state index contributed by atoms with van der Waals surface area (Å²) in [5, 5.41) is 1.27. The molecule has 0 spiro atoms. The van der Waals surface area contributed by atoms with Gasteiger partial charge in [0.1, 0.15) is 17.7 Å². The molecule has 5 rings (SSSR count).